The van der Waals surface area contributed by atoms with Gasteiger partial charge in [0.25, 0.3) is 0 Å². The number of alkyl halides is 3. The van der Waals surface area contributed by atoms with Gasteiger partial charge in [-0.15, -0.1) is 0 Å². The number of benzene rings is 1. The maximum Gasteiger partial charge on any atom is 0.418 e. The third kappa shape index (κ3) is 3.82. The molecule has 0 fully saturated rings. The molecule has 2 aromatic rings. The van der Waals surface area contributed by atoms with Crippen molar-refractivity contribution in [3.63, 3.8) is 0 Å². The number of hydrogen-bond acceptors (Lipinski definition) is 3. The summed E-state index contributed by atoms with van der Waals surface area (Å²) in [6.07, 6.45) is -1.64. The summed E-state index contributed by atoms with van der Waals surface area (Å²) in [5.41, 5.74) is 5.22. The van der Waals surface area contributed by atoms with Crippen LogP contribution in [-0.2, 0) is 0 Å². The molecule has 1 aromatic heterocycles. The second-order valence-electron chi connectivity index (χ2n) is 4.93. The Morgan fingerprint density at radius 3 is 2.61 bits per heavy atom. The third-order valence-electron chi connectivity index (χ3n) is 3.19. The first kappa shape index (κ1) is 17.3. The van der Waals surface area contributed by atoms with Crippen LogP contribution in [0.15, 0.2) is 35.9 Å². The number of aromatic nitrogens is 2. The molecule has 0 spiro atoms. The Hall–Kier alpha value is -2.08. The molecule has 0 aliphatic heterocycles. The normalized spacial score (nSPS) is 13.7. The van der Waals surface area contributed by atoms with Gasteiger partial charge in [0.1, 0.15) is 11.0 Å². The molecule has 122 valence electrons. The molecule has 2 N–H and O–H groups in total. The molecule has 0 aliphatic carbocycles. The van der Waals surface area contributed by atoms with E-state index in [0.29, 0.717) is 23.1 Å². The molecule has 0 unspecified atom stereocenters. The number of nitrogens with two attached hydrogens (primary N) is 1. The summed E-state index contributed by atoms with van der Waals surface area (Å²) in [6.45, 7) is 3.40. The molecule has 0 saturated heterocycles. The Labute approximate surface area is 136 Å². The molecule has 0 bridgehead atoms. The number of rotatable bonds is 3. The van der Waals surface area contributed by atoms with Gasteiger partial charge in [-0.05, 0) is 25.5 Å². The second-order valence-corrected chi connectivity index (χ2v) is 5.29. The van der Waals surface area contributed by atoms with Gasteiger partial charge in [0, 0.05) is 10.9 Å². The van der Waals surface area contributed by atoms with Crippen LogP contribution in [0.5, 0.6) is 0 Å². The van der Waals surface area contributed by atoms with Crippen LogP contribution in [0.25, 0.3) is 16.6 Å². The summed E-state index contributed by atoms with van der Waals surface area (Å²) in [4.78, 5) is 8.20. The van der Waals surface area contributed by atoms with Crippen LogP contribution in [-0.4, -0.2) is 16.1 Å². The zero-order chi connectivity index (χ0) is 17.2. The van der Waals surface area contributed by atoms with Crippen molar-refractivity contribution in [2.45, 2.75) is 26.4 Å². The number of hydrogen-bond donors (Lipinski definition) is 1. The lowest BCUT2D eigenvalue weighted by molar-refractivity contribution is -0.0877. The zero-order valence-electron chi connectivity index (χ0n) is 12.6. The minimum absolute atomic E-state index is 0.236. The van der Waals surface area contributed by atoms with Gasteiger partial charge in [0.05, 0.1) is 16.8 Å². The Kier molecular flexibility index (Phi) is 4.94. The quantitative estimate of drug-likeness (QED) is 0.645. The Morgan fingerprint density at radius 1 is 1.30 bits per heavy atom. The highest BCUT2D eigenvalue weighted by molar-refractivity contribution is 6.34. The first-order valence-corrected chi connectivity index (χ1v) is 7.29. The summed E-state index contributed by atoms with van der Waals surface area (Å²) in [5, 5.41) is 0.815. The highest BCUT2D eigenvalue weighted by Gasteiger charge is 2.34. The highest BCUT2D eigenvalue weighted by atomic mass is 35.5. The highest BCUT2D eigenvalue weighted by Crippen LogP contribution is 2.32. The number of halogens is 4. The van der Waals surface area contributed by atoms with E-state index >= 15 is 0 Å². The van der Waals surface area contributed by atoms with Gasteiger partial charge in [-0.3, -0.25) is 0 Å². The van der Waals surface area contributed by atoms with Gasteiger partial charge in [0.15, 0.2) is 0 Å². The molecule has 1 heterocycles. The molecule has 0 saturated carbocycles. The average Bonchev–Trinajstić information content (AvgIpc) is 2.45. The molecule has 7 heteroatoms. The predicted molar refractivity (Wildman–Crippen MR) is 85.9 cm³/mol. The lowest BCUT2D eigenvalue weighted by Crippen LogP contribution is -2.16. The lowest BCUT2D eigenvalue weighted by atomic mass is 10.0. The molecular weight excluding hydrogens is 327 g/mol. The minimum Gasteiger partial charge on any atom is -0.398 e. The fraction of sp³-hybridized carbons (Fsp3) is 0.250. The standard InChI is InChI=1S/C16H15ClF3N3/c1-3-4-5-12(16(18,19)20)14(21)10-6-7-11-13(8-10)22-9(2)23-15(11)17/h4-8H,3,21H2,1-2H3/b5-4-,14-12+. The summed E-state index contributed by atoms with van der Waals surface area (Å²) in [5.74, 6) is 0.434. The molecule has 1 aromatic carbocycles. The number of allylic oxidation sites excluding steroid dienone is 3. The van der Waals surface area contributed by atoms with E-state index in [1.165, 1.54) is 18.2 Å². The zero-order valence-corrected chi connectivity index (χ0v) is 13.3. The van der Waals surface area contributed by atoms with Crippen LogP contribution in [0, 0.1) is 6.92 Å². The second kappa shape index (κ2) is 6.58. The van der Waals surface area contributed by atoms with E-state index in [4.69, 9.17) is 17.3 Å². The van der Waals surface area contributed by atoms with Gasteiger partial charge >= 0.3 is 6.18 Å². The van der Waals surface area contributed by atoms with E-state index in [0.717, 1.165) is 6.08 Å². The predicted octanol–water partition coefficient (Wildman–Crippen LogP) is 4.79. The third-order valence-corrected chi connectivity index (χ3v) is 3.48. The molecule has 23 heavy (non-hydrogen) atoms. The van der Waals surface area contributed by atoms with E-state index in [1.54, 1.807) is 19.9 Å². The molecule has 0 atom stereocenters. The topological polar surface area (TPSA) is 51.8 Å². The van der Waals surface area contributed by atoms with Crippen molar-refractivity contribution in [2.75, 3.05) is 0 Å². The van der Waals surface area contributed by atoms with Crippen molar-refractivity contribution >= 4 is 28.2 Å². The molecule has 0 aliphatic rings. The summed E-state index contributed by atoms with van der Waals surface area (Å²) in [7, 11) is 0. The SMILES string of the molecule is CC/C=C\C(=C(/N)c1ccc2c(Cl)nc(C)nc2c1)C(F)(F)F. The van der Waals surface area contributed by atoms with Crippen LogP contribution in [0.2, 0.25) is 5.15 Å². The van der Waals surface area contributed by atoms with Crippen molar-refractivity contribution in [3.05, 3.63) is 52.5 Å². The molecule has 0 amide bonds. The van der Waals surface area contributed by atoms with E-state index in [1.807, 2.05) is 0 Å². The van der Waals surface area contributed by atoms with E-state index in [-0.39, 0.29) is 16.4 Å². The first-order chi connectivity index (χ1) is 10.7. The summed E-state index contributed by atoms with van der Waals surface area (Å²) < 4.78 is 39.6. The van der Waals surface area contributed by atoms with Crippen molar-refractivity contribution in [1.29, 1.82) is 0 Å². The van der Waals surface area contributed by atoms with Gasteiger partial charge in [-0.1, -0.05) is 36.7 Å². The fourth-order valence-electron chi connectivity index (χ4n) is 2.10. The molecule has 3 nitrogen and oxygen atoms in total. The lowest BCUT2D eigenvalue weighted by Gasteiger charge is -2.13. The van der Waals surface area contributed by atoms with Crippen molar-refractivity contribution in [1.82, 2.24) is 9.97 Å². The largest absolute Gasteiger partial charge is 0.418 e. The van der Waals surface area contributed by atoms with Gasteiger partial charge in [-0.2, -0.15) is 13.2 Å². The monoisotopic (exact) mass is 341 g/mol. The Bertz CT molecular complexity index is 795. The maximum absolute atomic E-state index is 13.2. The van der Waals surface area contributed by atoms with Crippen LogP contribution in [0.3, 0.4) is 0 Å². The Morgan fingerprint density at radius 2 is 2.00 bits per heavy atom. The smallest absolute Gasteiger partial charge is 0.398 e. The van der Waals surface area contributed by atoms with Crippen LogP contribution in [0.1, 0.15) is 24.7 Å². The molecule has 0 radical (unpaired) electrons. The summed E-state index contributed by atoms with van der Waals surface area (Å²) in [6, 6.07) is 4.53. The van der Waals surface area contributed by atoms with Gasteiger partial charge < -0.3 is 5.73 Å². The van der Waals surface area contributed by atoms with E-state index in [2.05, 4.69) is 9.97 Å². The molecule has 2 rings (SSSR count). The number of fused-ring (bicyclic) bond motifs is 1. The van der Waals surface area contributed by atoms with Crippen molar-refractivity contribution in [2.24, 2.45) is 5.73 Å². The fourth-order valence-corrected chi connectivity index (χ4v) is 2.38. The van der Waals surface area contributed by atoms with Crippen LogP contribution < -0.4 is 5.73 Å². The number of nitrogens with zero attached hydrogens (tertiary/aromatic N) is 2. The minimum atomic E-state index is -4.54. The maximum atomic E-state index is 13.2. The van der Waals surface area contributed by atoms with Crippen molar-refractivity contribution < 1.29 is 13.2 Å². The molecular formula is C16H15ClF3N3. The summed E-state index contributed by atoms with van der Waals surface area (Å²) >= 11 is 6.01. The van der Waals surface area contributed by atoms with Crippen LogP contribution >= 0.6 is 11.6 Å². The Balaban J connectivity index is 2.65. The van der Waals surface area contributed by atoms with E-state index in [9.17, 15) is 13.2 Å². The first-order valence-electron chi connectivity index (χ1n) is 6.91. The van der Waals surface area contributed by atoms with Gasteiger partial charge in [-0.25, -0.2) is 9.97 Å². The number of aryl methyl sites for hydroxylation is 1. The van der Waals surface area contributed by atoms with Crippen molar-refractivity contribution in [3.8, 4) is 0 Å². The van der Waals surface area contributed by atoms with E-state index < -0.39 is 11.7 Å². The van der Waals surface area contributed by atoms with Crippen LogP contribution in [0.4, 0.5) is 13.2 Å². The average molecular weight is 342 g/mol. The van der Waals surface area contributed by atoms with Gasteiger partial charge in [0.2, 0.25) is 0 Å².